The van der Waals surface area contributed by atoms with Crippen LogP contribution in [0.1, 0.15) is 26.2 Å². The maximum Gasteiger partial charge on any atom is 0.326 e. The third-order valence-electron chi connectivity index (χ3n) is 2.47. The van der Waals surface area contributed by atoms with Crippen molar-refractivity contribution in [2.24, 2.45) is 0 Å². The Labute approximate surface area is 103 Å². The Morgan fingerprint density at radius 1 is 1.33 bits per heavy atom. The quantitative estimate of drug-likeness (QED) is 0.773. The molecule has 0 aliphatic carbocycles. The second-order valence-corrected chi connectivity index (χ2v) is 3.93. The van der Waals surface area contributed by atoms with Crippen molar-refractivity contribution in [3.05, 3.63) is 29.6 Å². The molecule has 0 heterocycles. The van der Waals surface area contributed by atoms with Crippen LogP contribution in [0.2, 0.25) is 0 Å². The highest BCUT2D eigenvalue weighted by Crippen LogP contribution is 2.19. The molecule has 18 heavy (non-hydrogen) atoms. The van der Waals surface area contributed by atoms with Crippen LogP contribution in [0.25, 0.3) is 0 Å². The molecule has 0 bridgehead atoms. The zero-order valence-corrected chi connectivity index (χ0v) is 9.84. The van der Waals surface area contributed by atoms with Crippen molar-refractivity contribution in [2.75, 3.05) is 5.32 Å². The van der Waals surface area contributed by atoms with Gasteiger partial charge in [-0.2, -0.15) is 0 Å². The van der Waals surface area contributed by atoms with Crippen LogP contribution in [0.15, 0.2) is 12.1 Å². The highest BCUT2D eigenvalue weighted by Gasteiger charge is 2.18. The molecule has 1 atom stereocenters. The van der Waals surface area contributed by atoms with Crippen molar-refractivity contribution in [1.29, 1.82) is 0 Å². The molecule has 0 amide bonds. The van der Waals surface area contributed by atoms with Crippen molar-refractivity contribution < 1.29 is 23.1 Å². The number of carboxylic acids is 1. The van der Waals surface area contributed by atoms with E-state index in [1.165, 1.54) is 0 Å². The Kier molecular flexibility index (Phi) is 5.00. The van der Waals surface area contributed by atoms with Gasteiger partial charge in [0.15, 0.2) is 17.5 Å². The van der Waals surface area contributed by atoms with Crippen LogP contribution < -0.4 is 5.32 Å². The average molecular weight is 261 g/mol. The average Bonchev–Trinajstić information content (AvgIpc) is 2.30. The van der Waals surface area contributed by atoms with Gasteiger partial charge >= 0.3 is 5.97 Å². The van der Waals surface area contributed by atoms with Crippen LogP contribution in [-0.4, -0.2) is 17.1 Å². The third kappa shape index (κ3) is 3.65. The van der Waals surface area contributed by atoms with Crippen molar-refractivity contribution >= 4 is 11.7 Å². The Bertz CT molecular complexity index is 414. The van der Waals surface area contributed by atoms with E-state index < -0.39 is 29.5 Å². The number of rotatable bonds is 6. The van der Waals surface area contributed by atoms with E-state index in [1.54, 1.807) is 0 Å². The zero-order valence-electron chi connectivity index (χ0n) is 9.84. The highest BCUT2D eigenvalue weighted by molar-refractivity contribution is 5.77. The lowest BCUT2D eigenvalue weighted by atomic mass is 10.1. The Balaban J connectivity index is 2.84. The van der Waals surface area contributed by atoms with E-state index in [9.17, 15) is 18.0 Å². The monoisotopic (exact) mass is 261 g/mol. The number of unbranched alkanes of at least 4 members (excludes halogenated alkanes) is 1. The molecular weight excluding hydrogens is 247 g/mol. The zero-order chi connectivity index (χ0) is 13.7. The van der Waals surface area contributed by atoms with E-state index in [2.05, 4.69) is 5.32 Å². The van der Waals surface area contributed by atoms with Crippen LogP contribution in [0.3, 0.4) is 0 Å². The minimum absolute atomic E-state index is 0.0881. The molecule has 0 radical (unpaired) electrons. The number of carbonyl (C=O) groups is 1. The van der Waals surface area contributed by atoms with E-state index >= 15 is 0 Å². The SMILES string of the molecule is CCCCC(Nc1cc(F)c(F)c(F)c1)C(=O)O. The van der Waals surface area contributed by atoms with Gasteiger partial charge < -0.3 is 10.4 Å². The third-order valence-corrected chi connectivity index (χ3v) is 2.47. The molecule has 0 aliphatic rings. The number of benzene rings is 1. The van der Waals surface area contributed by atoms with Crippen molar-refractivity contribution in [3.8, 4) is 0 Å². The molecule has 2 N–H and O–H groups in total. The van der Waals surface area contributed by atoms with E-state index in [-0.39, 0.29) is 5.69 Å². The van der Waals surface area contributed by atoms with Crippen LogP contribution in [-0.2, 0) is 4.79 Å². The number of nitrogens with one attached hydrogen (secondary N) is 1. The normalized spacial score (nSPS) is 12.2. The fourth-order valence-corrected chi connectivity index (χ4v) is 1.51. The topological polar surface area (TPSA) is 49.3 Å². The largest absolute Gasteiger partial charge is 0.480 e. The fourth-order valence-electron chi connectivity index (χ4n) is 1.51. The summed E-state index contributed by atoms with van der Waals surface area (Å²) in [5.41, 5.74) is -0.0881. The van der Waals surface area contributed by atoms with Crippen molar-refractivity contribution in [2.45, 2.75) is 32.2 Å². The Morgan fingerprint density at radius 2 is 1.89 bits per heavy atom. The minimum Gasteiger partial charge on any atom is -0.480 e. The smallest absolute Gasteiger partial charge is 0.326 e. The summed E-state index contributed by atoms with van der Waals surface area (Å²) in [6.07, 6.45) is 1.79. The molecule has 1 rings (SSSR count). The lowest BCUT2D eigenvalue weighted by Gasteiger charge is -2.15. The molecule has 0 fully saturated rings. The standard InChI is InChI=1S/C12H14F3NO2/c1-2-3-4-10(12(17)18)16-7-5-8(13)11(15)9(14)6-7/h5-6,10,16H,2-4H2,1H3,(H,17,18). The maximum absolute atomic E-state index is 12.9. The summed E-state index contributed by atoms with van der Waals surface area (Å²) in [5.74, 6) is -5.39. The summed E-state index contributed by atoms with van der Waals surface area (Å²) >= 11 is 0. The summed E-state index contributed by atoms with van der Waals surface area (Å²) in [5, 5.41) is 11.4. The lowest BCUT2D eigenvalue weighted by molar-refractivity contribution is -0.138. The second-order valence-electron chi connectivity index (χ2n) is 3.93. The van der Waals surface area contributed by atoms with Gasteiger partial charge in [-0.25, -0.2) is 18.0 Å². The van der Waals surface area contributed by atoms with E-state index in [0.29, 0.717) is 12.8 Å². The number of anilines is 1. The molecule has 6 heteroatoms. The van der Waals surface area contributed by atoms with E-state index in [4.69, 9.17) is 5.11 Å². The molecule has 0 saturated heterocycles. The summed E-state index contributed by atoms with van der Waals surface area (Å²) in [7, 11) is 0. The summed E-state index contributed by atoms with van der Waals surface area (Å²) in [6.45, 7) is 1.90. The predicted molar refractivity (Wildman–Crippen MR) is 60.9 cm³/mol. The molecule has 1 aromatic rings. The van der Waals surface area contributed by atoms with Gasteiger partial charge in [-0.05, 0) is 6.42 Å². The molecule has 0 aliphatic heterocycles. The van der Waals surface area contributed by atoms with Crippen LogP contribution in [0, 0.1) is 17.5 Å². The second kappa shape index (κ2) is 6.28. The van der Waals surface area contributed by atoms with Gasteiger partial charge in [-0.3, -0.25) is 0 Å². The van der Waals surface area contributed by atoms with E-state index in [0.717, 1.165) is 18.6 Å². The predicted octanol–water partition coefficient (Wildman–Crippen LogP) is 3.16. The van der Waals surface area contributed by atoms with Crippen LogP contribution >= 0.6 is 0 Å². The summed E-state index contributed by atoms with van der Waals surface area (Å²) in [6, 6.07) is 0.523. The molecule has 1 aromatic carbocycles. The van der Waals surface area contributed by atoms with Gasteiger partial charge in [-0.15, -0.1) is 0 Å². The first-order valence-corrected chi connectivity index (χ1v) is 5.59. The van der Waals surface area contributed by atoms with E-state index in [1.807, 2.05) is 6.92 Å². The highest BCUT2D eigenvalue weighted by atomic mass is 19.2. The van der Waals surface area contributed by atoms with Gasteiger partial charge in [0, 0.05) is 17.8 Å². The first kappa shape index (κ1) is 14.3. The molecule has 3 nitrogen and oxygen atoms in total. The van der Waals surface area contributed by atoms with Gasteiger partial charge in [0.25, 0.3) is 0 Å². The van der Waals surface area contributed by atoms with Crippen molar-refractivity contribution in [1.82, 2.24) is 0 Å². The lowest BCUT2D eigenvalue weighted by Crippen LogP contribution is -2.29. The van der Waals surface area contributed by atoms with Gasteiger partial charge in [-0.1, -0.05) is 19.8 Å². The number of hydrogen-bond acceptors (Lipinski definition) is 2. The Morgan fingerprint density at radius 3 is 2.33 bits per heavy atom. The number of halogens is 3. The fraction of sp³-hybridized carbons (Fsp3) is 0.417. The summed E-state index contributed by atoms with van der Waals surface area (Å²) < 4.78 is 38.6. The van der Waals surface area contributed by atoms with Gasteiger partial charge in [0.1, 0.15) is 6.04 Å². The molecule has 1 unspecified atom stereocenters. The van der Waals surface area contributed by atoms with Crippen LogP contribution in [0.4, 0.5) is 18.9 Å². The van der Waals surface area contributed by atoms with Crippen molar-refractivity contribution in [3.63, 3.8) is 0 Å². The molecule has 0 aromatic heterocycles. The number of carboxylic acid groups (broad SMARTS) is 1. The molecule has 0 spiro atoms. The minimum atomic E-state index is -1.57. The van der Waals surface area contributed by atoms with Gasteiger partial charge in [0.05, 0.1) is 0 Å². The first-order valence-electron chi connectivity index (χ1n) is 5.59. The maximum atomic E-state index is 12.9. The first-order chi connectivity index (χ1) is 8.45. The number of hydrogen-bond donors (Lipinski definition) is 2. The number of aliphatic carboxylic acids is 1. The van der Waals surface area contributed by atoms with Crippen LogP contribution in [0.5, 0.6) is 0 Å². The molecule has 100 valence electrons. The molecule has 0 saturated carbocycles. The summed E-state index contributed by atoms with van der Waals surface area (Å²) in [4.78, 5) is 10.9. The molecular formula is C12H14F3NO2. The Hall–Kier alpha value is -1.72. The van der Waals surface area contributed by atoms with Gasteiger partial charge in [0.2, 0.25) is 0 Å².